The minimum atomic E-state index is -0.850. The van der Waals surface area contributed by atoms with E-state index in [4.69, 9.17) is 9.52 Å². The van der Waals surface area contributed by atoms with Crippen LogP contribution in [0.15, 0.2) is 15.6 Å². The van der Waals surface area contributed by atoms with Crippen LogP contribution in [0.2, 0.25) is 0 Å². The van der Waals surface area contributed by atoms with E-state index in [0.717, 1.165) is 35.7 Å². The lowest BCUT2D eigenvalue weighted by Gasteiger charge is -2.07. The molecule has 2 aromatic rings. The number of aromatic nitrogens is 3. The molecule has 0 radical (unpaired) electrons. The van der Waals surface area contributed by atoms with E-state index >= 15 is 0 Å². The van der Waals surface area contributed by atoms with E-state index in [2.05, 4.69) is 10.2 Å². The molecule has 0 aromatic carbocycles. The largest absolute Gasteiger partial charge is 0.481 e. The van der Waals surface area contributed by atoms with Gasteiger partial charge in [0, 0.05) is 6.04 Å². The number of carboxylic acids is 1. The van der Waals surface area contributed by atoms with E-state index in [9.17, 15) is 4.79 Å². The maximum absolute atomic E-state index is 10.7. The van der Waals surface area contributed by atoms with Crippen LogP contribution >= 0.6 is 11.8 Å². The Hall–Kier alpha value is -1.76. The number of rotatable bonds is 5. The Morgan fingerprint density at radius 1 is 1.50 bits per heavy atom. The van der Waals surface area contributed by atoms with Crippen LogP contribution in [0.5, 0.6) is 0 Å². The lowest BCUT2D eigenvalue weighted by molar-refractivity contribution is -0.133. The van der Waals surface area contributed by atoms with Gasteiger partial charge in [0.2, 0.25) is 0 Å². The first kappa shape index (κ1) is 13.2. The van der Waals surface area contributed by atoms with E-state index in [0.29, 0.717) is 11.2 Å². The Bertz CT molecular complexity index is 658. The van der Waals surface area contributed by atoms with E-state index in [1.165, 1.54) is 11.8 Å². The van der Waals surface area contributed by atoms with Crippen molar-refractivity contribution in [3.63, 3.8) is 0 Å². The highest BCUT2D eigenvalue weighted by molar-refractivity contribution is 7.99. The van der Waals surface area contributed by atoms with Gasteiger partial charge in [0.15, 0.2) is 11.0 Å². The zero-order valence-electron chi connectivity index (χ0n) is 11.3. The molecule has 0 amide bonds. The van der Waals surface area contributed by atoms with Crippen molar-refractivity contribution in [3.8, 4) is 11.4 Å². The highest BCUT2D eigenvalue weighted by Crippen LogP contribution is 2.41. The summed E-state index contributed by atoms with van der Waals surface area (Å²) in [7, 11) is 0. The maximum Gasteiger partial charge on any atom is 0.313 e. The summed E-state index contributed by atoms with van der Waals surface area (Å²) < 4.78 is 7.60. The first-order valence-corrected chi connectivity index (χ1v) is 7.41. The number of nitrogens with zero attached hydrogens (tertiary/aromatic N) is 3. The number of thioether (sulfide) groups is 1. The molecular weight excluding hydrogens is 278 g/mol. The van der Waals surface area contributed by atoms with Gasteiger partial charge in [-0.25, -0.2) is 0 Å². The molecule has 1 saturated carbocycles. The zero-order chi connectivity index (χ0) is 14.3. The molecule has 1 aliphatic carbocycles. The molecule has 2 heterocycles. The molecule has 2 aromatic heterocycles. The third-order valence-corrected chi connectivity index (χ3v) is 4.11. The summed E-state index contributed by atoms with van der Waals surface area (Å²) in [6.45, 7) is 3.80. The average Bonchev–Trinajstić information content (AvgIpc) is 3.04. The van der Waals surface area contributed by atoms with Crippen molar-refractivity contribution in [1.82, 2.24) is 14.8 Å². The SMILES string of the molecule is Cc1cc(-c2nnc(SCC(=O)O)n2C2CC2)c(C)o1. The molecule has 0 aliphatic heterocycles. The van der Waals surface area contributed by atoms with Gasteiger partial charge in [-0.2, -0.15) is 0 Å². The Balaban J connectivity index is 1.99. The van der Waals surface area contributed by atoms with Crippen LogP contribution in [0.4, 0.5) is 0 Å². The van der Waals surface area contributed by atoms with Gasteiger partial charge in [0.25, 0.3) is 0 Å². The number of hydrogen-bond acceptors (Lipinski definition) is 5. The van der Waals surface area contributed by atoms with Crippen molar-refractivity contribution in [3.05, 3.63) is 17.6 Å². The van der Waals surface area contributed by atoms with Crippen LogP contribution in [0.25, 0.3) is 11.4 Å². The molecule has 20 heavy (non-hydrogen) atoms. The highest BCUT2D eigenvalue weighted by Gasteiger charge is 2.31. The van der Waals surface area contributed by atoms with Crippen LogP contribution in [-0.2, 0) is 4.79 Å². The fourth-order valence-electron chi connectivity index (χ4n) is 2.20. The molecule has 6 nitrogen and oxygen atoms in total. The lowest BCUT2D eigenvalue weighted by Crippen LogP contribution is -2.03. The summed E-state index contributed by atoms with van der Waals surface area (Å²) in [5, 5.41) is 17.9. The normalized spacial score (nSPS) is 14.7. The van der Waals surface area contributed by atoms with Gasteiger partial charge in [-0.15, -0.1) is 10.2 Å². The molecule has 0 saturated heterocycles. The van der Waals surface area contributed by atoms with Crippen molar-refractivity contribution < 1.29 is 14.3 Å². The van der Waals surface area contributed by atoms with Gasteiger partial charge in [-0.3, -0.25) is 9.36 Å². The molecule has 1 N–H and O–H groups in total. The summed E-state index contributed by atoms with van der Waals surface area (Å²) in [5.74, 6) is 1.56. The van der Waals surface area contributed by atoms with E-state index in [-0.39, 0.29) is 5.75 Å². The van der Waals surface area contributed by atoms with Crippen molar-refractivity contribution in [2.75, 3.05) is 5.75 Å². The molecule has 106 valence electrons. The Labute approximate surface area is 120 Å². The van der Waals surface area contributed by atoms with Crippen LogP contribution in [0, 0.1) is 13.8 Å². The third kappa shape index (κ3) is 2.45. The summed E-state index contributed by atoms with van der Waals surface area (Å²) in [4.78, 5) is 10.7. The minimum absolute atomic E-state index is 0.00570. The predicted octanol–water partition coefficient (Wildman–Crippen LogP) is 2.67. The fraction of sp³-hybridized carbons (Fsp3) is 0.462. The summed E-state index contributed by atoms with van der Waals surface area (Å²) in [6.07, 6.45) is 2.17. The van der Waals surface area contributed by atoms with Crippen molar-refractivity contribution in [2.45, 2.75) is 37.9 Å². The first-order chi connectivity index (χ1) is 9.56. The van der Waals surface area contributed by atoms with Gasteiger partial charge < -0.3 is 9.52 Å². The fourth-order valence-corrected chi connectivity index (χ4v) is 2.93. The second kappa shape index (κ2) is 4.97. The van der Waals surface area contributed by atoms with E-state index in [1.54, 1.807) is 0 Å². The molecule has 1 fully saturated rings. The zero-order valence-corrected chi connectivity index (χ0v) is 12.1. The van der Waals surface area contributed by atoms with Crippen LogP contribution in [0.1, 0.15) is 30.4 Å². The van der Waals surface area contributed by atoms with Crippen LogP contribution < -0.4 is 0 Å². The predicted molar refractivity (Wildman–Crippen MR) is 73.8 cm³/mol. The smallest absolute Gasteiger partial charge is 0.313 e. The number of carbonyl (C=O) groups is 1. The number of aliphatic carboxylic acids is 1. The molecule has 1 aliphatic rings. The minimum Gasteiger partial charge on any atom is -0.481 e. The first-order valence-electron chi connectivity index (χ1n) is 6.43. The van der Waals surface area contributed by atoms with Crippen molar-refractivity contribution in [1.29, 1.82) is 0 Å². The Morgan fingerprint density at radius 3 is 2.80 bits per heavy atom. The molecule has 7 heteroatoms. The standard InChI is InChI=1S/C13H15N3O3S/c1-7-5-10(8(2)19-7)12-14-15-13(20-6-11(17)18)16(12)9-3-4-9/h5,9H,3-4,6H2,1-2H3,(H,17,18). The number of hydrogen-bond donors (Lipinski definition) is 1. The average molecular weight is 293 g/mol. The lowest BCUT2D eigenvalue weighted by atomic mass is 10.2. The van der Waals surface area contributed by atoms with E-state index in [1.807, 2.05) is 24.5 Å². The van der Waals surface area contributed by atoms with Gasteiger partial charge in [-0.05, 0) is 32.8 Å². The molecule has 0 bridgehead atoms. The second-order valence-corrected chi connectivity index (χ2v) is 5.86. The topological polar surface area (TPSA) is 81.1 Å². The molecule has 0 unspecified atom stereocenters. The van der Waals surface area contributed by atoms with E-state index < -0.39 is 5.97 Å². The number of aryl methyl sites for hydroxylation is 2. The van der Waals surface area contributed by atoms with Crippen molar-refractivity contribution >= 4 is 17.7 Å². The number of carboxylic acid groups (broad SMARTS) is 1. The van der Waals surface area contributed by atoms with Gasteiger partial charge in [-0.1, -0.05) is 11.8 Å². The monoisotopic (exact) mass is 293 g/mol. The molecule has 3 rings (SSSR count). The quantitative estimate of drug-likeness (QED) is 0.854. The third-order valence-electron chi connectivity index (χ3n) is 3.18. The summed E-state index contributed by atoms with van der Waals surface area (Å²) in [5.41, 5.74) is 0.934. The second-order valence-electron chi connectivity index (χ2n) is 4.92. The summed E-state index contributed by atoms with van der Waals surface area (Å²) in [6, 6.07) is 2.33. The van der Waals surface area contributed by atoms with Crippen molar-refractivity contribution in [2.24, 2.45) is 0 Å². The highest BCUT2D eigenvalue weighted by atomic mass is 32.2. The Morgan fingerprint density at radius 2 is 2.25 bits per heavy atom. The van der Waals surface area contributed by atoms with Gasteiger partial charge in [0.1, 0.15) is 11.5 Å². The Kier molecular flexibility index (Phi) is 3.29. The molecular formula is C13H15N3O3S. The van der Waals surface area contributed by atoms with Gasteiger partial charge in [0.05, 0.1) is 11.3 Å². The maximum atomic E-state index is 10.7. The molecule has 0 spiro atoms. The van der Waals surface area contributed by atoms with Gasteiger partial charge >= 0.3 is 5.97 Å². The summed E-state index contributed by atoms with van der Waals surface area (Å²) >= 11 is 1.21. The van der Waals surface area contributed by atoms with Crippen LogP contribution in [-0.4, -0.2) is 31.6 Å². The number of furan rings is 1. The molecule has 0 atom stereocenters. The van der Waals surface area contributed by atoms with Crippen LogP contribution in [0.3, 0.4) is 0 Å².